The van der Waals surface area contributed by atoms with Crippen LogP contribution in [0.4, 0.5) is 5.69 Å². The Kier molecular flexibility index (Phi) is 5.61. The molecule has 0 aliphatic heterocycles. The van der Waals surface area contributed by atoms with Crippen LogP contribution in [0.1, 0.15) is 24.2 Å². The lowest BCUT2D eigenvalue weighted by molar-refractivity contribution is -0.123. The molecule has 1 aromatic heterocycles. The molecule has 3 aromatic rings. The summed E-state index contributed by atoms with van der Waals surface area (Å²) in [5.74, 6) is -0.306. The maximum Gasteiger partial charge on any atom is 0.338 e. The Morgan fingerprint density at radius 1 is 1.04 bits per heavy atom. The molecule has 0 spiro atoms. The summed E-state index contributed by atoms with van der Waals surface area (Å²) < 4.78 is 10.6. The highest BCUT2D eigenvalue weighted by molar-refractivity contribution is 5.98. The molecule has 1 amide bonds. The third-order valence-corrected chi connectivity index (χ3v) is 3.79. The van der Waals surface area contributed by atoms with E-state index in [-0.39, 0.29) is 0 Å². The average molecular weight is 365 g/mol. The van der Waals surface area contributed by atoms with Crippen molar-refractivity contribution in [3.05, 3.63) is 60.4 Å². The number of ether oxygens (including phenoxy) is 2. The lowest BCUT2D eigenvalue weighted by Crippen LogP contribution is -2.30. The Hall–Kier alpha value is -3.48. The lowest BCUT2D eigenvalue weighted by atomic mass is 10.2. The minimum Gasteiger partial charge on any atom is -0.494 e. The Balaban J connectivity index is 1.61. The summed E-state index contributed by atoms with van der Waals surface area (Å²) in [5.41, 5.74) is 2.16. The predicted octanol–water partition coefficient (Wildman–Crippen LogP) is 3.21. The molecule has 0 saturated carbocycles. The minimum absolute atomic E-state index is 0.309. The smallest absolute Gasteiger partial charge is 0.338 e. The van der Waals surface area contributed by atoms with Crippen molar-refractivity contribution in [3.8, 4) is 5.75 Å². The maximum absolute atomic E-state index is 12.3. The Bertz CT molecular complexity index is 957. The zero-order valence-corrected chi connectivity index (χ0v) is 15.0. The molecule has 0 unspecified atom stereocenters. The van der Waals surface area contributed by atoms with Crippen molar-refractivity contribution in [2.75, 3.05) is 11.9 Å². The van der Waals surface area contributed by atoms with E-state index in [0.717, 1.165) is 5.75 Å². The van der Waals surface area contributed by atoms with Crippen molar-refractivity contribution >= 4 is 28.6 Å². The van der Waals surface area contributed by atoms with Crippen molar-refractivity contribution in [2.45, 2.75) is 20.0 Å². The number of fused-ring (bicyclic) bond motifs is 1. The molecule has 0 bridgehead atoms. The fourth-order valence-electron chi connectivity index (χ4n) is 2.42. The molecule has 0 radical (unpaired) electrons. The van der Waals surface area contributed by atoms with Crippen molar-refractivity contribution in [3.63, 3.8) is 0 Å². The van der Waals surface area contributed by atoms with Crippen LogP contribution in [0.5, 0.6) is 5.75 Å². The van der Waals surface area contributed by atoms with E-state index < -0.39 is 18.0 Å². The summed E-state index contributed by atoms with van der Waals surface area (Å²) >= 11 is 0. The first-order valence-corrected chi connectivity index (χ1v) is 8.52. The zero-order chi connectivity index (χ0) is 19.2. The van der Waals surface area contributed by atoms with Gasteiger partial charge in [-0.2, -0.15) is 0 Å². The van der Waals surface area contributed by atoms with Crippen LogP contribution in [0.2, 0.25) is 0 Å². The van der Waals surface area contributed by atoms with Crippen LogP contribution in [0.3, 0.4) is 0 Å². The van der Waals surface area contributed by atoms with Gasteiger partial charge in [-0.1, -0.05) is 0 Å². The van der Waals surface area contributed by atoms with Gasteiger partial charge >= 0.3 is 5.97 Å². The van der Waals surface area contributed by atoms with E-state index in [9.17, 15) is 9.59 Å². The number of aromatic nitrogens is 2. The number of hydrogen-bond donors (Lipinski definition) is 1. The van der Waals surface area contributed by atoms with Crippen LogP contribution in [0.15, 0.2) is 54.9 Å². The number of hydrogen-bond acceptors (Lipinski definition) is 6. The number of benzene rings is 2. The third kappa shape index (κ3) is 4.58. The fraction of sp³-hybridized carbons (Fsp3) is 0.200. The van der Waals surface area contributed by atoms with Crippen molar-refractivity contribution < 1.29 is 19.1 Å². The van der Waals surface area contributed by atoms with Gasteiger partial charge in [-0.3, -0.25) is 14.8 Å². The highest BCUT2D eigenvalue weighted by atomic mass is 16.5. The van der Waals surface area contributed by atoms with Gasteiger partial charge in [0.15, 0.2) is 6.10 Å². The molecule has 138 valence electrons. The Labute approximate surface area is 156 Å². The molecule has 0 aliphatic rings. The van der Waals surface area contributed by atoms with Crippen LogP contribution in [0.25, 0.3) is 11.0 Å². The quantitative estimate of drug-likeness (QED) is 0.675. The molecule has 3 rings (SSSR count). The van der Waals surface area contributed by atoms with Crippen molar-refractivity contribution in [2.24, 2.45) is 0 Å². The number of nitrogens with zero attached hydrogens (tertiary/aromatic N) is 2. The van der Waals surface area contributed by atoms with Gasteiger partial charge in [0.1, 0.15) is 5.75 Å². The molecule has 2 aromatic carbocycles. The predicted molar refractivity (Wildman–Crippen MR) is 101 cm³/mol. The highest BCUT2D eigenvalue weighted by Crippen LogP contribution is 2.17. The molecule has 7 nitrogen and oxygen atoms in total. The fourth-order valence-corrected chi connectivity index (χ4v) is 2.42. The normalized spacial score (nSPS) is 11.6. The van der Waals surface area contributed by atoms with Gasteiger partial charge in [0.05, 0.1) is 23.2 Å². The molecule has 1 heterocycles. The molecular weight excluding hydrogens is 346 g/mol. The van der Waals surface area contributed by atoms with E-state index in [2.05, 4.69) is 15.3 Å². The van der Waals surface area contributed by atoms with E-state index in [1.807, 2.05) is 6.92 Å². The SMILES string of the molecule is CCOc1ccc(NC(=O)[C@H](C)OC(=O)c2ccc3nccnc3c2)cc1. The summed E-state index contributed by atoms with van der Waals surface area (Å²) in [7, 11) is 0. The molecule has 0 fully saturated rings. The molecule has 0 saturated heterocycles. The van der Waals surface area contributed by atoms with Crippen LogP contribution in [0, 0.1) is 0 Å². The summed E-state index contributed by atoms with van der Waals surface area (Å²) in [6, 6.07) is 11.8. The number of carbonyl (C=O) groups is 2. The van der Waals surface area contributed by atoms with Gasteiger partial charge in [-0.05, 0) is 56.3 Å². The topological polar surface area (TPSA) is 90.4 Å². The van der Waals surface area contributed by atoms with Crippen LogP contribution in [-0.2, 0) is 9.53 Å². The summed E-state index contributed by atoms with van der Waals surface area (Å²) in [4.78, 5) is 32.9. The largest absolute Gasteiger partial charge is 0.494 e. The zero-order valence-electron chi connectivity index (χ0n) is 15.0. The second-order valence-corrected chi connectivity index (χ2v) is 5.75. The summed E-state index contributed by atoms with van der Waals surface area (Å²) in [5, 5.41) is 2.70. The Morgan fingerprint density at radius 2 is 1.74 bits per heavy atom. The van der Waals surface area contributed by atoms with Crippen LogP contribution < -0.4 is 10.1 Å². The second-order valence-electron chi connectivity index (χ2n) is 5.75. The minimum atomic E-state index is -0.957. The average Bonchev–Trinajstić information content (AvgIpc) is 2.69. The first kappa shape index (κ1) is 18.3. The molecule has 0 aliphatic carbocycles. The number of esters is 1. The van der Waals surface area contributed by atoms with Gasteiger partial charge in [0.2, 0.25) is 0 Å². The molecular formula is C20H19N3O4. The van der Waals surface area contributed by atoms with E-state index in [1.165, 1.54) is 6.92 Å². The van der Waals surface area contributed by atoms with Gasteiger partial charge in [0.25, 0.3) is 5.91 Å². The van der Waals surface area contributed by atoms with Gasteiger partial charge < -0.3 is 14.8 Å². The highest BCUT2D eigenvalue weighted by Gasteiger charge is 2.19. The molecule has 1 N–H and O–H groups in total. The Morgan fingerprint density at radius 3 is 2.44 bits per heavy atom. The van der Waals surface area contributed by atoms with Crippen LogP contribution >= 0.6 is 0 Å². The maximum atomic E-state index is 12.3. The number of anilines is 1. The van der Waals surface area contributed by atoms with Gasteiger partial charge in [-0.15, -0.1) is 0 Å². The van der Waals surface area contributed by atoms with Crippen LogP contribution in [-0.4, -0.2) is 34.6 Å². The first-order chi connectivity index (χ1) is 13.1. The molecule has 27 heavy (non-hydrogen) atoms. The monoisotopic (exact) mass is 365 g/mol. The third-order valence-electron chi connectivity index (χ3n) is 3.79. The van der Waals surface area contributed by atoms with E-state index >= 15 is 0 Å². The van der Waals surface area contributed by atoms with Crippen molar-refractivity contribution in [1.82, 2.24) is 9.97 Å². The van der Waals surface area contributed by atoms with E-state index in [1.54, 1.807) is 54.9 Å². The number of rotatable bonds is 6. The molecule has 7 heteroatoms. The van der Waals surface area contributed by atoms with Crippen molar-refractivity contribution in [1.29, 1.82) is 0 Å². The summed E-state index contributed by atoms with van der Waals surface area (Å²) in [6.07, 6.45) is 2.17. The lowest BCUT2D eigenvalue weighted by Gasteiger charge is -2.14. The standard InChI is InChI=1S/C20H19N3O4/c1-3-26-16-7-5-15(6-8-16)23-19(24)13(2)27-20(25)14-4-9-17-18(12-14)22-11-10-21-17/h4-13H,3H2,1-2H3,(H,23,24)/t13-/m0/s1. The second kappa shape index (κ2) is 8.27. The number of carbonyl (C=O) groups excluding carboxylic acids is 2. The van der Waals surface area contributed by atoms with Gasteiger partial charge in [0, 0.05) is 18.1 Å². The molecule has 1 atom stereocenters. The number of amides is 1. The summed E-state index contributed by atoms with van der Waals surface area (Å²) in [6.45, 7) is 3.98. The first-order valence-electron chi connectivity index (χ1n) is 8.52. The van der Waals surface area contributed by atoms with Gasteiger partial charge in [-0.25, -0.2) is 4.79 Å². The van der Waals surface area contributed by atoms with E-state index in [4.69, 9.17) is 9.47 Å². The number of nitrogens with one attached hydrogen (secondary N) is 1. The van der Waals surface area contributed by atoms with E-state index in [0.29, 0.717) is 28.9 Å².